The van der Waals surface area contributed by atoms with E-state index in [1.807, 2.05) is 18.4 Å². The van der Waals surface area contributed by atoms with Gasteiger partial charge in [0.2, 0.25) is 10.0 Å². The van der Waals surface area contributed by atoms with Crippen molar-refractivity contribution in [1.29, 1.82) is 0 Å². The maximum Gasteiger partial charge on any atom is 0.269 e. The molecule has 1 aromatic carbocycles. The van der Waals surface area contributed by atoms with Crippen molar-refractivity contribution in [3.63, 3.8) is 0 Å². The number of sulfonamides is 1. The molecule has 2 N–H and O–H groups in total. The SMILES string of the molecule is Cc1ccsc1CNCCNS(=O)(=O)c1ccc([N+](=O)[O-])cc1. The van der Waals surface area contributed by atoms with E-state index in [2.05, 4.69) is 10.0 Å². The molecule has 0 unspecified atom stereocenters. The van der Waals surface area contributed by atoms with E-state index >= 15 is 0 Å². The minimum Gasteiger partial charge on any atom is -0.311 e. The van der Waals surface area contributed by atoms with Gasteiger partial charge in [0, 0.05) is 36.6 Å². The van der Waals surface area contributed by atoms with Crippen molar-refractivity contribution in [3.05, 3.63) is 56.3 Å². The first-order valence-corrected chi connectivity index (χ1v) is 9.24. The van der Waals surface area contributed by atoms with E-state index in [0.717, 1.165) is 0 Å². The third-order valence-corrected chi connectivity index (χ3v) is 5.71. The number of hydrogen-bond donors (Lipinski definition) is 2. The van der Waals surface area contributed by atoms with Crippen LogP contribution < -0.4 is 10.0 Å². The third-order valence-electron chi connectivity index (χ3n) is 3.21. The number of rotatable bonds is 8. The minimum absolute atomic E-state index is 0.0113. The summed E-state index contributed by atoms with van der Waals surface area (Å²) >= 11 is 1.66. The largest absolute Gasteiger partial charge is 0.311 e. The molecule has 23 heavy (non-hydrogen) atoms. The molecule has 124 valence electrons. The van der Waals surface area contributed by atoms with E-state index in [9.17, 15) is 18.5 Å². The van der Waals surface area contributed by atoms with Crippen molar-refractivity contribution in [2.45, 2.75) is 18.4 Å². The maximum atomic E-state index is 12.1. The van der Waals surface area contributed by atoms with Crippen molar-refractivity contribution in [2.75, 3.05) is 13.1 Å². The molecule has 0 amide bonds. The molecule has 0 radical (unpaired) electrons. The molecule has 0 bridgehead atoms. The highest BCUT2D eigenvalue weighted by atomic mass is 32.2. The van der Waals surface area contributed by atoms with Crippen LogP contribution in [-0.2, 0) is 16.6 Å². The van der Waals surface area contributed by atoms with Crippen LogP contribution in [-0.4, -0.2) is 26.4 Å². The molecule has 7 nitrogen and oxygen atoms in total. The summed E-state index contributed by atoms with van der Waals surface area (Å²) in [7, 11) is -3.66. The van der Waals surface area contributed by atoms with Crippen molar-refractivity contribution in [3.8, 4) is 0 Å². The second kappa shape index (κ2) is 7.64. The molecule has 0 spiro atoms. The number of aryl methyl sites for hydroxylation is 1. The molecule has 0 fully saturated rings. The Morgan fingerprint density at radius 3 is 2.43 bits per heavy atom. The number of nitro groups is 1. The van der Waals surface area contributed by atoms with Gasteiger partial charge in [0.15, 0.2) is 0 Å². The summed E-state index contributed by atoms with van der Waals surface area (Å²) in [4.78, 5) is 11.2. The predicted molar refractivity (Wildman–Crippen MR) is 89.0 cm³/mol. The second-order valence-corrected chi connectivity index (χ2v) is 7.62. The number of nitrogens with one attached hydrogen (secondary N) is 2. The lowest BCUT2D eigenvalue weighted by Crippen LogP contribution is -2.31. The van der Waals surface area contributed by atoms with Crippen LogP contribution in [0.3, 0.4) is 0 Å². The van der Waals surface area contributed by atoms with Gasteiger partial charge < -0.3 is 5.32 Å². The predicted octanol–water partition coefficient (Wildman–Crippen LogP) is 2.03. The zero-order chi connectivity index (χ0) is 16.9. The van der Waals surface area contributed by atoms with Gasteiger partial charge in [0.1, 0.15) is 0 Å². The zero-order valence-electron chi connectivity index (χ0n) is 12.5. The first-order chi connectivity index (χ1) is 10.9. The van der Waals surface area contributed by atoms with Crippen LogP contribution in [0.15, 0.2) is 40.6 Å². The summed E-state index contributed by atoms with van der Waals surface area (Å²) in [6.07, 6.45) is 0. The first-order valence-electron chi connectivity index (χ1n) is 6.88. The van der Waals surface area contributed by atoms with Crippen LogP contribution in [0.25, 0.3) is 0 Å². The summed E-state index contributed by atoms with van der Waals surface area (Å²) in [6.45, 7) is 3.46. The molecule has 9 heteroatoms. The van der Waals surface area contributed by atoms with Gasteiger partial charge >= 0.3 is 0 Å². The number of nitro benzene ring substituents is 1. The lowest BCUT2D eigenvalue weighted by Gasteiger charge is -2.08. The number of thiophene rings is 1. The highest BCUT2D eigenvalue weighted by Gasteiger charge is 2.15. The molecule has 0 aliphatic heterocycles. The highest BCUT2D eigenvalue weighted by Crippen LogP contribution is 2.16. The average Bonchev–Trinajstić information content (AvgIpc) is 2.92. The molecule has 2 aromatic rings. The van der Waals surface area contributed by atoms with Gasteiger partial charge in [0.25, 0.3) is 5.69 Å². The Morgan fingerprint density at radius 2 is 1.87 bits per heavy atom. The molecule has 0 saturated heterocycles. The average molecular weight is 355 g/mol. The van der Waals surface area contributed by atoms with Gasteiger partial charge in [-0.2, -0.15) is 0 Å². The van der Waals surface area contributed by atoms with Gasteiger partial charge in [-0.15, -0.1) is 11.3 Å². The van der Waals surface area contributed by atoms with Crippen LogP contribution in [0, 0.1) is 17.0 Å². The topological polar surface area (TPSA) is 101 Å². The summed E-state index contributed by atoms with van der Waals surface area (Å²) in [6, 6.07) is 6.84. The van der Waals surface area contributed by atoms with Crippen LogP contribution in [0.5, 0.6) is 0 Å². The Hall–Kier alpha value is -1.81. The van der Waals surface area contributed by atoms with Crippen LogP contribution in [0.1, 0.15) is 10.4 Å². The summed E-state index contributed by atoms with van der Waals surface area (Å²) in [5.41, 5.74) is 1.07. The Balaban J connectivity index is 1.82. The van der Waals surface area contributed by atoms with Crippen LogP contribution >= 0.6 is 11.3 Å². The normalized spacial score (nSPS) is 11.5. The molecular weight excluding hydrogens is 338 g/mol. The van der Waals surface area contributed by atoms with Crippen molar-refractivity contribution in [1.82, 2.24) is 10.0 Å². The summed E-state index contributed by atoms with van der Waals surface area (Å²) in [5.74, 6) is 0. The van der Waals surface area contributed by atoms with E-state index < -0.39 is 14.9 Å². The third kappa shape index (κ3) is 4.83. The van der Waals surface area contributed by atoms with E-state index in [1.54, 1.807) is 11.3 Å². The molecule has 2 rings (SSSR count). The minimum atomic E-state index is -3.66. The fourth-order valence-electron chi connectivity index (χ4n) is 1.89. The summed E-state index contributed by atoms with van der Waals surface area (Å²) in [5, 5.41) is 15.7. The van der Waals surface area contributed by atoms with Crippen LogP contribution in [0.2, 0.25) is 0 Å². The van der Waals surface area contributed by atoms with Gasteiger partial charge in [-0.25, -0.2) is 13.1 Å². The van der Waals surface area contributed by atoms with E-state index in [0.29, 0.717) is 13.1 Å². The van der Waals surface area contributed by atoms with Crippen molar-refractivity contribution in [2.24, 2.45) is 0 Å². The highest BCUT2D eigenvalue weighted by molar-refractivity contribution is 7.89. The number of benzene rings is 1. The molecule has 0 saturated carbocycles. The Bertz CT molecular complexity index is 770. The van der Waals surface area contributed by atoms with E-state index in [-0.39, 0.29) is 17.1 Å². The van der Waals surface area contributed by atoms with Crippen molar-refractivity contribution < 1.29 is 13.3 Å². The fourth-order valence-corrected chi connectivity index (χ4v) is 3.80. The van der Waals surface area contributed by atoms with Crippen LogP contribution in [0.4, 0.5) is 5.69 Å². The van der Waals surface area contributed by atoms with Gasteiger partial charge in [-0.3, -0.25) is 10.1 Å². The zero-order valence-corrected chi connectivity index (χ0v) is 14.1. The number of nitrogens with zero attached hydrogens (tertiary/aromatic N) is 1. The lowest BCUT2D eigenvalue weighted by atomic mass is 10.3. The van der Waals surface area contributed by atoms with E-state index in [4.69, 9.17) is 0 Å². The standard InChI is InChI=1S/C14H17N3O4S2/c1-11-6-9-22-14(11)10-15-7-8-16-23(20,21)13-4-2-12(3-5-13)17(18)19/h2-6,9,15-16H,7-8,10H2,1H3. The van der Waals surface area contributed by atoms with Gasteiger partial charge in [-0.05, 0) is 36.1 Å². The molecule has 0 aliphatic rings. The maximum absolute atomic E-state index is 12.1. The lowest BCUT2D eigenvalue weighted by molar-refractivity contribution is -0.384. The first kappa shape index (κ1) is 17.5. The monoisotopic (exact) mass is 355 g/mol. The molecule has 1 aromatic heterocycles. The Morgan fingerprint density at radius 1 is 1.17 bits per heavy atom. The second-order valence-electron chi connectivity index (χ2n) is 4.85. The molecule has 0 atom stereocenters. The molecular formula is C14H17N3O4S2. The van der Waals surface area contributed by atoms with Gasteiger partial charge in [-0.1, -0.05) is 0 Å². The Labute approximate surface area is 138 Å². The molecule has 1 heterocycles. The van der Waals surface area contributed by atoms with E-state index in [1.165, 1.54) is 34.7 Å². The fraction of sp³-hybridized carbons (Fsp3) is 0.286. The number of non-ortho nitro benzene ring substituents is 1. The quantitative estimate of drug-likeness (QED) is 0.429. The number of hydrogen-bond acceptors (Lipinski definition) is 6. The summed E-state index contributed by atoms with van der Waals surface area (Å²) < 4.78 is 26.6. The Kier molecular flexibility index (Phi) is 5.83. The van der Waals surface area contributed by atoms with Crippen molar-refractivity contribution >= 4 is 27.0 Å². The van der Waals surface area contributed by atoms with Gasteiger partial charge in [0.05, 0.1) is 9.82 Å². The smallest absolute Gasteiger partial charge is 0.269 e. The molecule has 0 aliphatic carbocycles.